The fraction of sp³-hybridized carbons (Fsp3) is 0.722. The van der Waals surface area contributed by atoms with E-state index in [0.29, 0.717) is 12.3 Å². The molecule has 0 saturated carbocycles. The first-order chi connectivity index (χ1) is 19.1. The van der Waals surface area contributed by atoms with E-state index in [1.165, 1.54) is 5.57 Å². The number of aliphatic hydroxyl groups excluding tert-OH is 1. The molecule has 0 aliphatic rings. The topological polar surface area (TPSA) is 40.5 Å². The summed E-state index contributed by atoms with van der Waals surface area (Å²) in [7, 11) is 34.4. The van der Waals surface area contributed by atoms with Crippen LogP contribution in [0.5, 0.6) is 0 Å². The van der Waals surface area contributed by atoms with E-state index >= 15 is 0 Å². The third-order valence-corrected chi connectivity index (χ3v) is 124. The summed E-state index contributed by atoms with van der Waals surface area (Å²) in [5.41, 5.74) is 1.26. The number of rotatable bonds is 19. The molecule has 0 fully saturated rings. The first-order valence-electron chi connectivity index (χ1n) is 12.5. The monoisotopic (exact) mass is 1030 g/mol. The van der Waals surface area contributed by atoms with Crippen LogP contribution in [0.25, 0.3) is 0 Å². The van der Waals surface area contributed by atoms with Gasteiger partial charge >= 0.3 is 0 Å². The van der Waals surface area contributed by atoms with Gasteiger partial charge in [-0.2, -0.15) is 0 Å². The Morgan fingerprint density at radius 2 is 1.37 bits per heavy atom. The van der Waals surface area contributed by atoms with Gasteiger partial charge in [0, 0.05) is 20.1 Å². The van der Waals surface area contributed by atoms with E-state index in [4.69, 9.17) is 5.11 Å². The van der Waals surface area contributed by atoms with E-state index < -0.39 is 0 Å². The smallest absolute Gasteiger partial charge is 0.222 e. The molecule has 41 heavy (non-hydrogen) atoms. The van der Waals surface area contributed by atoms with E-state index in [2.05, 4.69) is 145 Å². The minimum absolute atomic E-state index is 0.0492. The molecule has 14 atom stereocenters. The van der Waals surface area contributed by atoms with Crippen LogP contribution in [-0.2, 0) is 4.79 Å². The highest BCUT2D eigenvalue weighted by molar-refractivity contribution is 14.1. The number of likely N-dealkylation sites (N-methyl/N-ethyl adjacent to an activating group) is 1. The van der Waals surface area contributed by atoms with Crippen molar-refractivity contribution in [2.45, 2.75) is 65.3 Å². The number of amides is 1. The Morgan fingerprint density at radius 3 is 1.73 bits per heavy atom. The van der Waals surface area contributed by atoms with Crippen molar-refractivity contribution >= 4 is 182 Å². The molecule has 0 aliphatic carbocycles. The number of hydrogen-bond donors (Lipinski definition) is 1. The molecule has 1 N–H and O–H groups in total. The van der Waals surface area contributed by atoms with Crippen LogP contribution in [0, 0.1) is 5.92 Å². The minimum Gasteiger partial charge on any atom is -0.396 e. The molecule has 0 aromatic rings. The summed E-state index contributed by atoms with van der Waals surface area (Å²) in [5.74, 6) is 0.523. The molecule has 0 bridgehead atoms. The van der Waals surface area contributed by atoms with Gasteiger partial charge in [0.25, 0.3) is 0 Å². The van der Waals surface area contributed by atoms with Gasteiger partial charge in [-0.3, -0.25) is 4.79 Å². The van der Waals surface area contributed by atoms with Gasteiger partial charge in [0.2, 0.25) is 5.91 Å². The van der Waals surface area contributed by atoms with Crippen LogP contribution < -0.4 is 0 Å². The van der Waals surface area contributed by atoms with Gasteiger partial charge in [-0.15, -0.1) is 89.3 Å². The minimum atomic E-state index is 0.0492. The van der Waals surface area contributed by atoms with Crippen molar-refractivity contribution < 1.29 is 9.90 Å². The summed E-state index contributed by atoms with van der Waals surface area (Å²) in [6.45, 7) is 7.51. The molecule has 0 aromatic heterocycles. The lowest BCUT2D eigenvalue weighted by Crippen LogP contribution is -2.41. The molecular formula is C18H53INO2P19. The largest absolute Gasteiger partial charge is 0.396 e. The number of carbonyl (C=O) groups excluding carboxylic acids is 1. The maximum Gasteiger partial charge on any atom is 0.222 e. The second kappa shape index (κ2) is 31.3. The third-order valence-electron chi connectivity index (χ3n) is 5.45. The summed E-state index contributed by atoms with van der Waals surface area (Å²) >= 11 is 2.23. The van der Waals surface area contributed by atoms with Gasteiger partial charge in [-0.05, 0) is 92.1 Å². The third kappa shape index (κ3) is 22.5. The van der Waals surface area contributed by atoms with Crippen molar-refractivity contribution in [2.24, 2.45) is 5.92 Å². The summed E-state index contributed by atoms with van der Waals surface area (Å²) in [5, 5.41) is 8.77. The lowest BCUT2D eigenvalue weighted by molar-refractivity contribution is -0.132. The first-order valence-corrected chi connectivity index (χ1v) is 47.7. The normalized spacial score (nSPS) is 15.3. The predicted molar refractivity (Wildman–Crippen MR) is 264 cm³/mol. The fourth-order valence-electron chi connectivity index (χ4n) is 3.71. The first kappa shape index (κ1) is 50.9. The maximum absolute atomic E-state index is 12.5. The zero-order valence-corrected chi connectivity index (χ0v) is 46.2. The molecule has 0 radical (unpaired) electrons. The summed E-state index contributed by atoms with van der Waals surface area (Å²) in [4.78, 5) is 14.4. The maximum atomic E-state index is 12.5. The highest BCUT2D eigenvalue weighted by Gasteiger charge is 2.40. The quantitative estimate of drug-likeness (QED) is 0.0606. The predicted octanol–water partition coefficient (Wildman–Crippen LogP) is 15.4. The van der Waals surface area contributed by atoms with E-state index in [9.17, 15) is 4.79 Å². The molecule has 0 aromatic carbocycles. The van der Waals surface area contributed by atoms with Crippen molar-refractivity contribution in [3.8, 4) is 0 Å². The second-order valence-corrected chi connectivity index (χ2v) is 82.2. The average molecular weight is 1030 g/mol. The molecule has 23 heteroatoms. The van der Waals surface area contributed by atoms with E-state index in [0.717, 1.165) is 40.1 Å². The average Bonchev–Trinajstić information content (AvgIpc) is 2.87. The highest BCUT2D eigenvalue weighted by atomic mass is 127. The number of allylic oxidation sites excluding steroid dienone is 1. The van der Waals surface area contributed by atoms with Crippen molar-refractivity contribution in [1.82, 2.24) is 4.90 Å². The Hall–Kier alpha value is 7.81. The number of unbranched alkanes of at least 4 members (excludes halogenated alkanes) is 3. The highest BCUT2D eigenvalue weighted by Crippen LogP contribution is 3.28. The zero-order valence-electron chi connectivity index (χ0n) is 24.4. The lowest BCUT2D eigenvalue weighted by Gasteiger charge is -2.44. The van der Waals surface area contributed by atoms with Crippen LogP contribution in [-0.4, -0.2) is 35.6 Å². The van der Waals surface area contributed by atoms with Crippen LogP contribution in [0.4, 0.5) is 0 Å². The van der Waals surface area contributed by atoms with Crippen molar-refractivity contribution in [3.05, 3.63) is 21.8 Å². The Labute approximate surface area is 300 Å². The summed E-state index contributed by atoms with van der Waals surface area (Å²) < 4.78 is 2.03. The molecule has 3 nitrogen and oxygen atoms in total. The van der Waals surface area contributed by atoms with Gasteiger partial charge < -0.3 is 10.0 Å². The zero-order chi connectivity index (χ0) is 32.3. The van der Waals surface area contributed by atoms with E-state index in [1.54, 1.807) is 0 Å². The van der Waals surface area contributed by atoms with Gasteiger partial charge in [0.15, 0.2) is 0 Å². The van der Waals surface area contributed by atoms with Crippen molar-refractivity contribution in [1.29, 1.82) is 0 Å². The second-order valence-electron chi connectivity index (χ2n) is 8.67. The molecule has 244 valence electrons. The van der Waals surface area contributed by atoms with Crippen molar-refractivity contribution in [2.75, 3.05) is 13.7 Å². The number of nitrogens with zero attached hydrogens (tertiary/aromatic N) is 1. The van der Waals surface area contributed by atoms with E-state index in [1.807, 2.05) is 16.0 Å². The van der Waals surface area contributed by atoms with Crippen LogP contribution in [0.15, 0.2) is 21.8 Å². The summed E-state index contributed by atoms with van der Waals surface area (Å²) in [6, 6.07) is 0.135. The Balaban J connectivity index is 0. The van der Waals surface area contributed by atoms with Crippen LogP contribution in [0.1, 0.15) is 59.3 Å². The molecule has 0 spiro atoms. The van der Waals surface area contributed by atoms with Crippen LogP contribution in [0.3, 0.4) is 0 Å². The molecular weight excluding hydrogens is 978 g/mol. The fourth-order valence-corrected chi connectivity index (χ4v) is 223. The van der Waals surface area contributed by atoms with Gasteiger partial charge in [-0.25, -0.2) is 0 Å². The Kier molecular flexibility index (Phi) is 38.9. The molecule has 1 amide bonds. The Bertz CT molecular complexity index is 713. The molecule has 0 aliphatic heterocycles. The van der Waals surface area contributed by atoms with Gasteiger partial charge in [0.1, 0.15) is 0 Å². The van der Waals surface area contributed by atoms with Gasteiger partial charge in [-0.1, -0.05) is 75.0 Å². The Morgan fingerprint density at radius 1 is 0.902 bits per heavy atom. The lowest BCUT2D eigenvalue weighted by atomic mass is 9.93. The number of carbonyl (C=O) groups is 1. The number of hydrogen-bond acceptors (Lipinski definition) is 2. The van der Waals surface area contributed by atoms with Crippen molar-refractivity contribution in [3.63, 3.8) is 0 Å². The number of aliphatic hydroxyl groups is 1. The molecule has 0 rings (SSSR count). The van der Waals surface area contributed by atoms with Crippen LogP contribution >= 0.6 is 176 Å². The summed E-state index contributed by atoms with van der Waals surface area (Å²) in [6.07, 6.45) is 9.71. The van der Waals surface area contributed by atoms with E-state index in [-0.39, 0.29) is 74.5 Å². The standard InChI is InChI=1S/C18H32INO2.H21P19/c1-5-10-15(2)18(16(3)12-13-19)20(4)17(22)11-8-6-7-9-14-21;1-11-16(10)19(17(12(2)3)13(4)5)18(14(6)7)15(8)9/h10,12-13,16,18,21H,5-9,11,14H2,1-4H3;11H,1-10H2/b13-12+,15-10+;/t16-,18+;/m0./s1. The van der Waals surface area contributed by atoms with Gasteiger partial charge in [0.05, 0.1) is 6.04 Å². The molecule has 0 heterocycles. The SMILES string of the molecule is CC/C=C(\C)[C@H]([C@@H](C)/C=C/I)N(C)C(=O)CCCCCCO.PPP(P)P(P(P(P)P)P(P)P)P(P(P)P)P(P)P. The van der Waals surface area contributed by atoms with Crippen LogP contribution in [0.2, 0.25) is 0 Å². The molecule has 12 unspecified atom stereocenters. The number of halogens is 1. The molecule has 0 saturated heterocycles.